The van der Waals surface area contributed by atoms with Crippen molar-refractivity contribution in [3.63, 3.8) is 0 Å². The van der Waals surface area contributed by atoms with E-state index in [0.29, 0.717) is 24.2 Å². The molecule has 6 nitrogen and oxygen atoms in total. The van der Waals surface area contributed by atoms with Gasteiger partial charge < -0.3 is 10.6 Å². The first-order valence-electron chi connectivity index (χ1n) is 10.0. The third kappa shape index (κ3) is 4.32. The van der Waals surface area contributed by atoms with Crippen LogP contribution >= 0.6 is 0 Å². The molecule has 0 saturated heterocycles. The van der Waals surface area contributed by atoms with E-state index in [4.69, 9.17) is 0 Å². The van der Waals surface area contributed by atoms with Crippen molar-refractivity contribution in [2.45, 2.75) is 45.7 Å². The Morgan fingerprint density at radius 3 is 2.64 bits per heavy atom. The van der Waals surface area contributed by atoms with Crippen molar-refractivity contribution >= 4 is 11.7 Å². The van der Waals surface area contributed by atoms with Crippen LogP contribution in [0.3, 0.4) is 0 Å². The highest BCUT2D eigenvalue weighted by atomic mass is 16.2. The molecule has 0 radical (unpaired) electrons. The topological polar surface area (TPSA) is 71.3 Å². The van der Waals surface area contributed by atoms with E-state index in [2.05, 4.69) is 58.9 Å². The molecule has 2 heterocycles. The van der Waals surface area contributed by atoms with Gasteiger partial charge in [-0.2, -0.15) is 0 Å². The molecule has 2 N–H and O–H groups in total. The molecule has 0 aliphatic heterocycles. The Labute approximate surface area is 165 Å². The van der Waals surface area contributed by atoms with Crippen molar-refractivity contribution in [2.75, 3.05) is 0 Å². The quantitative estimate of drug-likeness (QED) is 0.656. The molecule has 1 aromatic carbocycles. The molecule has 1 atom stereocenters. The summed E-state index contributed by atoms with van der Waals surface area (Å²) in [6.07, 6.45) is 5.30. The maximum absolute atomic E-state index is 12.5. The summed E-state index contributed by atoms with van der Waals surface area (Å²) in [4.78, 5) is 12.5. The van der Waals surface area contributed by atoms with Crippen LogP contribution in [0, 0.1) is 11.8 Å². The molecule has 1 unspecified atom stereocenters. The van der Waals surface area contributed by atoms with Crippen molar-refractivity contribution in [3.05, 3.63) is 65.6 Å². The molecule has 0 spiro atoms. The Bertz CT molecular complexity index is 943. The van der Waals surface area contributed by atoms with Gasteiger partial charge in [-0.3, -0.25) is 4.40 Å². The summed E-state index contributed by atoms with van der Waals surface area (Å²) in [5.41, 5.74) is 3.30. The van der Waals surface area contributed by atoms with Gasteiger partial charge in [0.1, 0.15) is 0 Å². The number of hydrogen-bond donors (Lipinski definition) is 2. The molecule has 6 heteroatoms. The SMILES string of the molecule is CC(C)Cc1ccc(C(NC(=O)NCc2nnc3ccccn23)C2CC2)cc1. The number of fused-ring (bicyclic) bond motifs is 1. The summed E-state index contributed by atoms with van der Waals surface area (Å²) in [6, 6.07) is 14.3. The predicted octanol–water partition coefficient (Wildman–Crippen LogP) is 3.88. The lowest BCUT2D eigenvalue weighted by Crippen LogP contribution is -2.38. The van der Waals surface area contributed by atoms with Gasteiger partial charge in [-0.05, 0) is 54.4 Å². The van der Waals surface area contributed by atoms with E-state index >= 15 is 0 Å². The summed E-state index contributed by atoms with van der Waals surface area (Å²) < 4.78 is 1.88. The molecule has 4 rings (SSSR count). The van der Waals surface area contributed by atoms with Gasteiger partial charge in [0, 0.05) is 6.20 Å². The Hall–Kier alpha value is -2.89. The molecule has 28 heavy (non-hydrogen) atoms. The fraction of sp³-hybridized carbons (Fsp3) is 0.409. The van der Waals surface area contributed by atoms with Gasteiger partial charge in [-0.15, -0.1) is 10.2 Å². The van der Waals surface area contributed by atoms with E-state index in [1.165, 1.54) is 11.1 Å². The van der Waals surface area contributed by atoms with Gasteiger partial charge in [0.15, 0.2) is 11.5 Å². The second-order valence-electron chi connectivity index (χ2n) is 8.03. The summed E-state index contributed by atoms with van der Waals surface area (Å²) >= 11 is 0. The third-order valence-electron chi connectivity index (χ3n) is 5.15. The highest BCUT2D eigenvalue weighted by molar-refractivity contribution is 5.74. The van der Waals surface area contributed by atoms with Crippen LogP contribution < -0.4 is 10.6 Å². The van der Waals surface area contributed by atoms with Crippen LogP contribution in [0.2, 0.25) is 0 Å². The van der Waals surface area contributed by atoms with Crippen molar-refractivity contribution in [2.24, 2.45) is 11.8 Å². The third-order valence-corrected chi connectivity index (χ3v) is 5.15. The van der Waals surface area contributed by atoms with Crippen LogP contribution in [0.25, 0.3) is 5.65 Å². The monoisotopic (exact) mass is 377 g/mol. The highest BCUT2D eigenvalue weighted by Crippen LogP contribution is 2.41. The zero-order chi connectivity index (χ0) is 19.5. The molecule has 2 amide bonds. The average Bonchev–Trinajstić information content (AvgIpc) is 3.45. The zero-order valence-electron chi connectivity index (χ0n) is 16.4. The van der Waals surface area contributed by atoms with Crippen LogP contribution in [-0.4, -0.2) is 20.6 Å². The Kier molecular flexibility index (Phi) is 5.28. The summed E-state index contributed by atoms with van der Waals surface area (Å²) in [5.74, 6) is 1.88. The normalized spacial score (nSPS) is 15.0. The van der Waals surface area contributed by atoms with Crippen LogP contribution in [0.4, 0.5) is 4.79 Å². The standard InChI is InChI=1S/C22H27N5O/c1-15(2)13-16-6-8-17(9-7-16)21(18-10-11-18)24-22(28)23-14-20-26-25-19-5-3-4-12-27(19)20/h3-9,12,15,18,21H,10-11,13-14H2,1-2H3,(H2,23,24,28). The minimum Gasteiger partial charge on any atom is -0.331 e. The smallest absolute Gasteiger partial charge is 0.315 e. The van der Waals surface area contributed by atoms with Crippen LogP contribution in [0.5, 0.6) is 0 Å². The molecule has 1 aliphatic carbocycles. The first kappa shape index (κ1) is 18.5. The number of nitrogens with one attached hydrogen (secondary N) is 2. The lowest BCUT2D eigenvalue weighted by atomic mass is 9.97. The molecule has 1 fully saturated rings. The number of amides is 2. The highest BCUT2D eigenvalue weighted by Gasteiger charge is 2.33. The fourth-order valence-corrected chi connectivity index (χ4v) is 3.60. The van der Waals surface area contributed by atoms with Crippen molar-refractivity contribution in [3.8, 4) is 0 Å². The predicted molar refractivity (Wildman–Crippen MR) is 109 cm³/mol. The number of carbonyl (C=O) groups is 1. The van der Waals surface area contributed by atoms with E-state index < -0.39 is 0 Å². The molecular weight excluding hydrogens is 350 g/mol. The van der Waals surface area contributed by atoms with Crippen LogP contribution in [0.1, 0.15) is 49.7 Å². The summed E-state index contributed by atoms with van der Waals surface area (Å²) in [6.45, 7) is 4.79. The maximum atomic E-state index is 12.5. The second-order valence-corrected chi connectivity index (χ2v) is 8.03. The molecule has 1 aliphatic rings. The van der Waals surface area contributed by atoms with Crippen molar-refractivity contribution in [1.82, 2.24) is 25.2 Å². The van der Waals surface area contributed by atoms with Gasteiger partial charge in [0.05, 0.1) is 12.6 Å². The number of urea groups is 1. The fourth-order valence-electron chi connectivity index (χ4n) is 3.60. The summed E-state index contributed by atoms with van der Waals surface area (Å²) in [7, 11) is 0. The van der Waals surface area contributed by atoms with Gasteiger partial charge in [0.25, 0.3) is 0 Å². The molecule has 0 bridgehead atoms. The second kappa shape index (κ2) is 8.00. The van der Waals surface area contributed by atoms with Crippen molar-refractivity contribution in [1.29, 1.82) is 0 Å². The number of benzene rings is 1. The first-order valence-corrected chi connectivity index (χ1v) is 10.0. The van der Waals surface area contributed by atoms with Gasteiger partial charge in [-0.1, -0.05) is 44.2 Å². The van der Waals surface area contributed by atoms with Gasteiger partial charge in [0.2, 0.25) is 0 Å². The Morgan fingerprint density at radius 2 is 1.93 bits per heavy atom. The molecule has 2 aromatic heterocycles. The number of nitrogens with zero attached hydrogens (tertiary/aromatic N) is 3. The number of aromatic nitrogens is 3. The molecule has 3 aromatic rings. The van der Waals surface area contributed by atoms with Crippen LogP contribution in [0.15, 0.2) is 48.7 Å². The van der Waals surface area contributed by atoms with E-state index in [1.54, 1.807) is 0 Å². The summed E-state index contributed by atoms with van der Waals surface area (Å²) in [5, 5.41) is 14.4. The number of pyridine rings is 1. The average molecular weight is 377 g/mol. The minimum absolute atomic E-state index is 0.0586. The van der Waals surface area contributed by atoms with Crippen LogP contribution in [-0.2, 0) is 13.0 Å². The number of rotatable bonds is 7. The molecule has 1 saturated carbocycles. The minimum atomic E-state index is -0.171. The van der Waals surface area contributed by atoms with E-state index in [1.807, 2.05) is 28.8 Å². The number of hydrogen-bond acceptors (Lipinski definition) is 3. The van der Waals surface area contributed by atoms with E-state index in [9.17, 15) is 4.79 Å². The van der Waals surface area contributed by atoms with Gasteiger partial charge in [-0.25, -0.2) is 4.79 Å². The molecular formula is C22H27N5O. The van der Waals surface area contributed by atoms with Gasteiger partial charge >= 0.3 is 6.03 Å². The maximum Gasteiger partial charge on any atom is 0.315 e. The Balaban J connectivity index is 1.38. The largest absolute Gasteiger partial charge is 0.331 e. The molecule has 146 valence electrons. The van der Waals surface area contributed by atoms with E-state index in [0.717, 1.165) is 24.9 Å². The zero-order valence-corrected chi connectivity index (χ0v) is 16.4. The first-order chi connectivity index (χ1) is 13.6. The Morgan fingerprint density at radius 1 is 1.14 bits per heavy atom. The van der Waals surface area contributed by atoms with Crippen molar-refractivity contribution < 1.29 is 4.79 Å². The van der Waals surface area contributed by atoms with E-state index in [-0.39, 0.29) is 12.1 Å². The number of carbonyl (C=O) groups excluding carboxylic acids is 1. The lowest BCUT2D eigenvalue weighted by Gasteiger charge is -2.19. The lowest BCUT2D eigenvalue weighted by molar-refractivity contribution is 0.235.